The van der Waals surface area contributed by atoms with Crippen molar-refractivity contribution < 1.29 is 13.9 Å². The highest BCUT2D eigenvalue weighted by Gasteiger charge is 2.20. The Labute approximate surface area is 157 Å². The number of fused-ring (bicyclic) bond motifs is 1. The number of hydrogen-bond donors (Lipinski definition) is 1. The lowest BCUT2D eigenvalue weighted by atomic mass is 10.0. The number of amides is 2. The standard InChI is InChI=1S/C22H19FN2O2/c23-18-6-3-7-21(14-18)27-20-10-8-19(9-11-20)24-22(26)25-13-12-16-4-1-2-5-17(16)15-25/h1-11,14H,12-13,15H2,(H,24,26). The van der Waals surface area contributed by atoms with Crippen LogP contribution in [0.2, 0.25) is 0 Å². The van der Waals surface area contributed by atoms with Crippen molar-refractivity contribution in [2.75, 3.05) is 11.9 Å². The van der Waals surface area contributed by atoms with Crippen LogP contribution >= 0.6 is 0 Å². The summed E-state index contributed by atoms with van der Waals surface area (Å²) in [7, 11) is 0. The van der Waals surface area contributed by atoms with Crippen molar-refractivity contribution in [3.63, 3.8) is 0 Å². The molecule has 0 atom stereocenters. The zero-order valence-corrected chi connectivity index (χ0v) is 14.7. The van der Waals surface area contributed by atoms with Crippen molar-refractivity contribution in [1.29, 1.82) is 0 Å². The Morgan fingerprint density at radius 3 is 2.48 bits per heavy atom. The number of ether oxygens (including phenoxy) is 1. The smallest absolute Gasteiger partial charge is 0.322 e. The van der Waals surface area contributed by atoms with Crippen LogP contribution in [0.4, 0.5) is 14.9 Å². The van der Waals surface area contributed by atoms with E-state index in [0.717, 1.165) is 6.42 Å². The minimum atomic E-state index is -0.348. The molecule has 5 heteroatoms. The molecule has 0 unspecified atom stereocenters. The van der Waals surface area contributed by atoms with Crippen LogP contribution in [0.1, 0.15) is 11.1 Å². The van der Waals surface area contributed by atoms with Gasteiger partial charge in [0.2, 0.25) is 0 Å². The van der Waals surface area contributed by atoms with Gasteiger partial charge in [-0.3, -0.25) is 0 Å². The third-order valence-corrected chi connectivity index (χ3v) is 4.56. The largest absolute Gasteiger partial charge is 0.457 e. The molecule has 3 aromatic carbocycles. The molecule has 0 bridgehead atoms. The molecule has 136 valence electrons. The van der Waals surface area contributed by atoms with E-state index in [1.807, 2.05) is 12.1 Å². The number of carbonyl (C=O) groups excluding carboxylic acids is 1. The minimum Gasteiger partial charge on any atom is -0.457 e. The van der Waals surface area contributed by atoms with Gasteiger partial charge in [0, 0.05) is 24.8 Å². The summed E-state index contributed by atoms with van der Waals surface area (Å²) in [6.07, 6.45) is 0.865. The zero-order valence-electron chi connectivity index (χ0n) is 14.7. The molecular weight excluding hydrogens is 343 g/mol. The van der Waals surface area contributed by atoms with Gasteiger partial charge >= 0.3 is 6.03 Å². The minimum absolute atomic E-state index is 0.122. The average molecular weight is 362 g/mol. The number of urea groups is 1. The molecule has 1 heterocycles. The van der Waals surface area contributed by atoms with E-state index >= 15 is 0 Å². The number of nitrogens with one attached hydrogen (secondary N) is 1. The predicted octanol–water partition coefficient (Wildman–Crippen LogP) is 5.21. The molecule has 0 saturated heterocycles. The van der Waals surface area contributed by atoms with Crippen LogP contribution in [0.5, 0.6) is 11.5 Å². The van der Waals surface area contributed by atoms with E-state index in [4.69, 9.17) is 4.74 Å². The van der Waals surface area contributed by atoms with Gasteiger partial charge in [-0.25, -0.2) is 9.18 Å². The van der Waals surface area contributed by atoms with E-state index in [-0.39, 0.29) is 11.8 Å². The number of anilines is 1. The van der Waals surface area contributed by atoms with Gasteiger partial charge in [-0.2, -0.15) is 0 Å². The average Bonchev–Trinajstić information content (AvgIpc) is 2.69. The third-order valence-electron chi connectivity index (χ3n) is 4.56. The van der Waals surface area contributed by atoms with E-state index in [1.165, 1.54) is 23.3 Å². The second-order valence-electron chi connectivity index (χ2n) is 6.45. The highest BCUT2D eigenvalue weighted by molar-refractivity contribution is 5.89. The second-order valence-corrected chi connectivity index (χ2v) is 6.45. The first-order valence-corrected chi connectivity index (χ1v) is 8.83. The van der Waals surface area contributed by atoms with E-state index in [2.05, 4.69) is 17.4 Å². The molecule has 0 spiro atoms. The number of halogens is 1. The van der Waals surface area contributed by atoms with Crippen LogP contribution in [0.15, 0.2) is 72.8 Å². The first-order valence-electron chi connectivity index (χ1n) is 8.83. The van der Waals surface area contributed by atoms with Crippen LogP contribution in [0, 0.1) is 5.82 Å². The molecule has 1 aliphatic heterocycles. The molecule has 0 aliphatic carbocycles. The predicted molar refractivity (Wildman–Crippen MR) is 102 cm³/mol. The van der Waals surface area contributed by atoms with Crippen LogP contribution in [-0.2, 0) is 13.0 Å². The van der Waals surface area contributed by atoms with Crippen LogP contribution in [0.3, 0.4) is 0 Å². The molecule has 1 aliphatic rings. The second kappa shape index (κ2) is 7.50. The summed E-state index contributed by atoms with van der Waals surface area (Å²) < 4.78 is 18.8. The molecule has 3 aromatic rings. The third kappa shape index (κ3) is 4.08. The summed E-state index contributed by atoms with van der Waals surface area (Å²) in [5, 5.41) is 2.91. The Morgan fingerprint density at radius 1 is 0.926 bits per heavy atom. The molecule has 4 rings (SSSR count). The van der Waals surface area contributed by atoms with Crippen molar-refractivity contribution in [1.82, 2.24) is 4.90 Å². The van der Waals surface area contributed by atoms with Crippen molar-refractivity contribution in [2.24, 2.45) is 0 Å². The van der Waals surface area contributed by atoms with E-state index in [0.29, 0.717) is 30.3 Å². The fraction of sp³-hybridized carbons (Fsp3) is 0.136. The molecule has 4 nitrogen and oxygen atoms in total. The maximum atomic E-state index is 13.2. The number of hydrogen-bond acceptors (Lipinski definition) is 2. The van der Waals surface area contributed by atoms with Crippen molar-refractivity contribution in [3.05, 3.63) is 89.7 Å². The number of rotatable bonds is 3. The molecule has 1 N–H and O–H groups in total. The normalized spacial score (nSPS) is 13.0. The molecule has 0 radical (unpaired) electrons. The highest BCUT2D eigenvalue weighted by atomic mass is 19.1. The Kier molecular flexibility index (Phi) is 4.75. The van der Waals surface area contributed by atoms with Crippen molar-refractivity contribution in [3.8, 4) is 11.5 Å². The van der Waals surface area contributed by atoms with E-state index < -0.39 is 0 Å². The van der Waals surface area contributed by atoms with E-state index in [1.54, 1.807) is 41.3 Å². The Hall–Kier alpha value is -3.34. The first kappa shape index (κ1) is 17.1. The van der Waals surface area contributed by atoms with Crippen LogP contribution in [-0.4, -0.2) is 17.5 Å². The van der Waals surface area contributed by atoms with Gasteiger partial charge < -0.3 is 15.0 Å². The molecule has 0 fully saturated rings. The van der Waals surface area contributed by atoms with Crippen LogP contribution in [0.25, 0.3) is 0 Å². The van der Waals surface area contributed by atoms with Gasteiger partial charge in [-0.1, -0.05) is 30.3 Å². The summed E-state index contributed by atoms with van der Waals surface area (Å²) >= 11 is 0. The van der Waals surface area contributed by atoms with Gasteiger partial charge in [0.1, 0.15) is 17.3 Å². The quantitative estimate of drug-likeness (QED) is 0.695. The van der Waals surface area contributed by atoms with Gasteiger partial charge in [0.15, 0.2) is 0 Å². The summed E-state index contributed by atoms with van der Waals surface area (Å²) in [6.45, 7) is 1.31. The Bertz CT molecular complexity index is 957. The van der Waals surface area contributed by atoms with Gasteiger partial charge in [-0.05, 0) is 53.9 Å². The summed E-state index contributed by atoms with van der Waals surface area (Å²) in [5.41, 5.74) is 3.18. The fourth-order valence-corrected chi connectivity index (χ4v) is 3.14. The number of carbonyl (C=O) groups is 1. The molecular formula is C22H19FN2O2. The molecule has 0 aromatic heterocycles. The molecule has 2 amide bonds. The Morgan fingerprint density at radius 2 is 1.70 bits per heavy atom. The lowest BCUT2D eigenvalue weighted by molar-refractivity contribution is 0.206. The maximum absolute atomic E-state index is 13.2. The summed E-state index contributed by atoms with van der Waals surface area (Å²) in [6, 6.07) is 21.1. The van der Waals surface area contributed by atoms with E-state index in [9.17, 15) is 9.18 Å². The number of benzene rings is 3. The SMILES string of the molecule is O=C(Nc1ccc(Oc2cccc(F)c2)cc1)N1CCc2ccccc2C1. The van der Waals surface area contributed by atoms with Gasteiger partial charge in [-0.15, -0.1) is 0 Å². The lowest BCUT2D eigenvalue weighted by Crippen LogP contribution is -2.38. The topological polar surface area (TPSA) is 41.6 Å². The maximum Gasteiger partial charge on any atom is 0.322 e. The molecule has 27 heavy (non-hydrogen) atoms. The van der Waals surface area contributed by atoms with Crippen LogP contribution < -0.4 is 10.1 Å². The van der Waals surface area contributed by atoms with Crippen molar-refractivity contribution >= 4 is 11.7 Å². The fourth-order valence-electron chi connectivity index (χ4n) is 3.14. The summed E-state index contributed by atoms with van der Waals surface area (Å²) in [4.78, 5) is 14.3. The summed E-state index contributed by atoms with van der Waals surface area (Å²) in [5.74, 6) is 0.656. The highest BCUT2D eigenvalue weighted by Crippen LogP contribution is 2.24. The number of nitrogens with zero attached hydrogens (tertiary/aromatic N) is 1. The molecule has 0 saturated carbocycles. The van der Waals surface area contributed by atoms with Gasteiger partial charge in [0.25, 0.3) is 0 Å². The van der Waals surface area contributed by atoms with Gasteiger partial charge in [0.05, 0.1) is 0 Å². The monoisotopic (exact) mass is 362 g/mol. The Balaban J connectivity index is 1.38. The van der Waals surface area contributed by atoms with Crippen molar-refractivity contribution in [2.45, 2.75) is 13.0 Å². The zero-order chi connectivity index (χ0) is 18.6. The lowest BCUT2D eigenvalue weighted by Gasteiger charge is -2.29. The first-order chi connectivity index (χ1) is 13.2.